The molecule has 132 valence electrons. The Balaban J connectivity index is 1.85. The molecule has 0 unspecified atom stereocenters. The topological polar surface area (TPSA) is 55.4 Å². The van der Waals surface area contributed by atoms with Gasteiger partial charge in [-0.05, 0) is 54.3 Å². The van der Waals surface area contributed by atoms with E-state index in [2.05, 4.69) is 19.2 Å². The van der Waals surface area contributed by atoms with Crippen LogP contribution in [-0.2, 0) is 16.0 Å². The number of nitrogens with one attached hydrogen (secondary N) is 1. The molecule has 0 spiro atoms. The second-order valence-electron chi connectivity index (χ2n) is 6.25. The van der Waals surface area contributed by atoms with E-state index < -0.39 is 0 Å². The summed E-state index contributed by atoms with van der Waals surface area (Å²) in [5.41, 5.74) is 1.99. The van der Waals surface area contributed by atoms with Crippen molar-refractivity contribution in [2.75, 3.05) is 11.9 Å². The monoisotopic (exact) mass is 359 g/mol. The highest BCUT2D eigenvalue weighted by molar-refractivity contribution is 6.30. The number of halogens is 1. The lowest BCUT2D eigenvalue weighted by Crippen LogP contribution is -2.14. The van der Waals surface area contributed by atoms with Crippen LogP contribution in [0.15, 0.2) is 48.5 Å². The fourth-order valence-electron chi connectivity index (χ4n) is 2.15. The zero-order valence-corrected chi connectivity index (χ0v) is 15.2. The van der Waals surface area contributed by atoms with Crippen molar-refractivity contribution in [1.29, 1.82) is 0 Å². The van der Waals surface area contributed by atoms with Gasteiger partial charge in [-0.1, -0.05) is 37.6 Å². The minimum absolute atomic E-state index is 0.130. The van der Waals surface area contributed by atoms with Crippen LogP contribution in [0.5, 0.6) is 0 Å². The molecule has 0 saturated carbocycles. The predicted octanol–water partition coefficient (Wildman–Crippen LogP) is 4.72. The first kappa shape index (κ1) is 19.0. The number of amides is 1. The molecule has 25 heavy (non-hydrogen) atoms. The van der Waals surface area contributed by atoms with Crippen LogP contribution in [0, 0.1) is 5.92 Å². The third kappa shape index (κ3) is 6.59. The lowest BCUT2D eigenvalue weighted by Gasteiger charge is -2.08. The summed E-state index contributed by atoms with van der Waals surface area (Å²) >= 11 is 5.83. The molecule has 2 aromatic rings. The smallest absolute Gasteiger partial charge is 0.338 e. The van der Waals surface area contributed by atoms with Gasteiger partial charge in [0.1, 0.15) is 0 Å². The van der Waals surface area contributed by atoms with Crippen LogP contribution in [0.1, 0.15) is 36.2 Å². The molecule has 1 amide bonds. The molecule has 0 aromatic heterocycles. The molecule has 1 N–H and O–H groups in total. The Morgan fingerprint density at radius 3 is 2.28 bits per heavy atom. The largest absolute Gasteiger partial charge is 0.462 e. The van der Waals surface area contributed by atoms with Crippen molar-refractivity contribution in [1.82, 2.24) is 0 Å². The zero-order valence-electron chi connectivity index (χ0n) is 14.4. The molecule has 0 aliphatic rings. The third-order valence-corrected chi connectivity index (χ3v) is 3.86. The molecule has 0 bridgehead atoms. The van der Waals surface area contributed by atoms with Gasteiger partial charge in [0.25, 0.3) is 0 Å². The number of carbonyl (C=O) groups is 2. The van der Waals surface area contributed by atoms with Crippen molar-refractivity contribution in [3.8, 4) is 0 Å². The number of hydrogen-bond acceptors (Lipinski definition) is 3. The number of anilines is 1. The molecule has 0 saturated heterocycles. The van der Waals surface area contributed by atoms with E-state index in [1.807, 2.05) is 12.1 Å². The number of esters is 1. The van der Waals surface area contributed by atoms with Crippen molar-refractivity contribution < 1.29 is 14.3 Å². The van der Waals surface area contributed by atoms with E-state index in [4.69, 9.17) is 16.3 Å². The molecule has 2 rings (SSSR count). The predicted molar refractivity (Wildman–Crippen MR) is 100.0 cm³/mol. The number of ether oxygens (including phenoxy) is 1. The number of benzene rings is 2. The molecule has 0 atom stereocenters. The van der Waals surface area contributed by atoms with E-state index >= 15 is 0 Å². The average Bonchev–Trinajstić information content (AvgIpc) is 2.57. The maximum atomic E-state index is 12.1. The molecule has 0 radical (unpaired) electrons. The molecule has 0 aliphatic heterocycles. The highest BCUT2D eigenvalue weighted by Gasteiger charge is 2.09. The van der Waals surface area contributed by atoms with Gasteiger partial charge in [0.2, 0.25) is 5.91 Å². The van der Waals surface area contributed by atoms with Gasteiger partial charge in [-0.15, -0.1) is 0 Å². The maximum absolute atomic E-state index is 12.1. The van der Waals surface area contributed by atoms with Gasteiger partial charge in [-0.25, -0.2) is 4.79 Å². The van der Waals surface area contributed by atoms with Crippen molar-refractivity contribution in [3.63, 3.8) is 0 Å². The second-order valence-corrected chi connectivity index (χ2v) is 6.68. The first-order valence-corrected chi connectivity index (χ1v) is 8.63. The fraction of sp³-hybridized carbons (Fsp3) is 0.300. The van der Waals surface area contributed by atoms with Gasteiger partial charge in [-0.2, -0.15) is 0 Å². The van der Waals surface area contributed by atoms with E-state index in [1.54, 1.807) is 36.4 Å². The van der Waals surface area contributed by atoms with E-state index in [1.165, 1.54) is 0 Å². The van der Waals surface area contributed by atoms with Crippen LogP contribution in [0.4, 0.5) is 5.69 Å². The highest BCUT2D eigenvalue weighted by Crippen LogP contribution is 2.13. The Morgan fingerprint density at radius 1 is 1.04 bits per heavy atom. The summed E-state index contributed by atoms with van der Waals surface area (Å²) in [5, 5.41) is 3.44. The van der Waals surface area contributed by atoms with Crippen molar-refractivity contribution in [2.24, 2.45) is 5.92 Å². The Labute approximate surface area is 153 Å². The van der Waals surface area contributed by atoms with Crippen LogP contribution < -0.4 is 5.32 Å². The van der Waals surface area contributed by atoms with Gasteiger partial charge in [0, 0.05) is 10.7 Å². The molecule has 4 nitrogen and oxygen atoms in total. The van der Waals surface area contributed by atoms with Crippen LogP contribution in [0.25, 0.3) is 0 Å². The molecule has 5 heteroatoms. The summed E-state index contributed by atoms with van der Waals surface area (Å²) in [4.78, 5) is 24.0. The van der Waals surface area contributed by atoms with E-state index in [9.17, 15) is 9.59 Å². The minimum atomic E-state index is -0.348. The Kier molecular flexibility index (Phi) is 7.02. The van der Waals surface area contributed by atoms with Gasteiger partial charge in [-0.3, -0.25) is 4.79 Å². The Hall–Kier alpha value is -2.33. The van der Waals surface area contributed by atoms with Crippen LogP contribution in [-0.4, -0.2) is 18.5 Å². The van der Waals surface area contributed by atoms with Gasteiger partial charge >= 0.3 is 5.97 Å². The zero-order chi connectivity index (χ0) is 18.2. The van der Waals surface area contributed by atoms with E-state index in [0.29, 0.717) is 28.8 Å². The van der Waals surface area contributed by atoms with Crippen molar-refractivity contribution in [3.05, 3.63) is 64.7 Å². The SMILES string of the molecule is CC(C)CCOC(=O)c1ccc(NC(=O)Cc2ccc(Cl)cc2)cc1. The lowest BCUT2D eigenvalue weighted by molar-refractivity contribution is -0.115. The van der Waals surface area contributed by atoms with Gasteiger partial charge < -0.3 is 10.1 Å². The number of rotatable bonds is 7. The van der Waals surface area contributed by atoms with Crippen molar-refractivity contribution in [2.45, 2.75) is 26.7 Å². The third-order valence-electron chi connectivity index (χ3n) is 3.61. The standard InChI is InChI=1S/C20H22ClNO3/c1-14(2)11-12-25-20(24)16-5-9-18(10-6-16)22-19(23)13-15-3-7-17(21)8-4-15/h3-10,14H,11-13H2,1-2H3,(H,22,23). The highest BCUT2D eigenvalue weighted by atomic mass is 35.5. The van der Waals surface area contributed by atoms with Crippen LogP contribution >= 0.6 is 11.6 Å². The molecular formula is C20H22ClNO3. The summed E-state index contributed by atoms with van der Waals surface area (Å²) in [5.74, 6) is 0.0142. The fourth-order valence-corrected chi connectivity index (χ4v) is 2.28. The molecule has 2 aromatic carbocycles. The summed E-state index contributed by atoms with van der Waals surface area (Å²) in [7, 11) is 0. The van der Waals surface area contributed by atoms with Crippen LogP contribution in [0.2, 0.25) is 5.02 Å². The van der Waals surface area contributed by atoms with E-state index in [-0.39, 0.29) is 18.3 Å². The summed E-state index contributed by atoms with van der Waals surface area (Å²) < 4.78 is 5.21. The van der Waals surface area contributed by atoms with Crippen molar-refractivity contribution >= 4 is 29.2 Å². The van der Waals surface area contributed by atoms with Crippen LogP contribution in [0.3, 0.4) is 0 Å². The number of hydrogen-bond donors (Lipinski definition) is 1. The molecule has 0 aliphatic carbocycles. The molecule has 0 fully saturated rings. The second kappa shape index (κ2) is 9.23. The van der Waals surface area contributed by atoms with E-state index in [0.717, 1.165) is 12.0 Å². The molecule has 0 heterocycles. The Morgan fingerprint density at radius 2 is 1.68 bits per heavy atom. The normalized spacial score (nSPS) is 10.6. The average molecular weight is 360 g/mol. The summed E-state index contributed by atoms with van der Waals surface area (Å²) in [6.45, 7) is 4.57. The molecular weight excluding hydrogens is 338 g/mol. The quantitative estimate of drug-likeness (QED) is 0.727. The first-order valence-electron chi connectivity index (χ1n) is 8.25. The van der Waals surface area contributed by atoms with Gasteiger partial charge in [0.05, 0.1) is 18.6 Å². The van der Waals surface area contributed by atoms with Gasteiger partial charge in [0.15, 0.2) is 0 Å². The summed E-state index contributed by atoms with van der Waals surface area (Å²) in [6, 6.07) is 13.8. The number of carbonyl (C=O) groups excluding carboxylic acids is 2. The first-order chi connectivity index (χ1) is 11.9. The lowest BCUT2D eigenvalue weighted by atomic mass is 10.1. The Bertz CT molecular complexity index is 709. The minimum Gasteiger partial charge on any atom is -0.462 e. The summed E-state index contributed by atoms with van der Waals surface area (Å²) in [6.07, 6.45) is 1.10. The maximum Gasteiger partial charge on any atom is 0.338 e.